The van der Waals surface area contributed by atoms with E-state index in [1.807, 2.05) is 54.6 Å². The lowest BCUT2D eigenvalue weighted by molar-refractivity contribution is -0.141. The second kappa shape index (κ2) is 10.9. The van der Waals surface area contributed by atoms with E-state index in [1.54, 1.807) is 14.2 Å². The number of imide groups is 1. The molecule has 0 bridgehead atoms. The molecule has 0 aromatic heterocycles. The fraction of sp³-hybridized carbons (Fsp3) is 0.400. The third-order valence-electron chi connectivity index (χ3n) is 5.84. The topological polar surface area (TPSA) is 84.9 Å². The van der Waals surface area contributed by atoms with E-state index in [-0.39, 0.29) is 37.1 Å². The Morgan fingerprint density at radius 3 is 2.50 bits per heavy atom. The monoisotopic (exact) mass is 438 g/mol. The van der Waals surface area contributed by atoms with Crippen LogP contribution in [-0.2, 0) is 31.0 Å². The number of likely N-dealkylation sites (tertiary alicyclic amines) is 1. The first kappa shape index (κ1) is 23.5. The summed E-state index contributed by atoms with van der Waals surface area (Å²) in [6.07, 6.45) is 1.07. The van der Waals surface area contributed by atoms with Crippen LogP contribution in [0.25, 0.3) is 0 Å². The maximum Gasteiger partial charge on any atom is 0.240 e. The zero-order valence-electron chi connectivity index (χ0n) is 18.6. The number of para-hydroxylation sites is 1. The predicted octanol–water partition coefficient (Wildman–Crippen LogP) is 2.48. The number of carbonyl (C=O) groups is 3. The maximum absolute atomic E-state index is 13.4. The molecular formula is C25H30N2O5. The Balaban J connectivity index is 1.72. The average molecular weight is 439 g/mol. The third kappa shape index (κ3) is 5.16. The Morgan fingerprint density at radius 2 is 1.78 bits per heavy atom. The van der Waals surface area contributed by atoms with Gasteiger partial charge in [-0.25, -0.2) is 0 Å². The molecule has 0 radical (unpaired) electrons. The molecule has 2 aromatic rings. The van der Waals surface area contributed by atoms with Crippen molar-refractivity contribution in [3.05, 3.63) is 65.7 Å². The number of nitrogens with one attached hydrogen (secondary N) is 1. The largest absolute Gasteiger partial charge is 0.496 e. The van der Waals surface area contributed by atoms with Crippen molar-refractivity contribution in [2.45, 2.75) is 31.1 Å². The molecule has 1 N–H and O–H groups in total. The van der Waals surface area contributed by atoms with Gasteiger partial charge < -0.3 is 14.8 Å². The van der Waals surface area contributed by atoms with Crippen LogP contribution in [0, 0.1) is 0 Å². The molecule has 0 aliphatic carbocycles. The number of hydrogen-bond donors (Lipinski definition) is 1. The van der Waals surface area contributed by atoms with Crippen LogP contribution in [0.2, 0.25) is 0 Å². The zero-order chi connectivity index (χ0) is 23.0. The van der Waals surface area contributed by atoms with Gasteiger partial charge >= 0.3 is 0 Å². The molecule has 1 fully saturated rings. The lowest BCUT2D eigenvalue weighted by Crippen LogP contribution is -2.43. The fourth-order valence-electron chi connectivity index (χ4n) is 4.20. The summed E-state index contributed by atoms with van der Waals surface area (Å²) in [6, 6.07) is 16.8. The van der Waals surface area contributed by atoms with E-state index in [1.165, 1.54) is 4.90 Å². The van der Waals surface area contributed by atoms with E-state index in [9.17, 15) is 14.4 Å². The molecule has 1 saturated heterocycles. The summed E-state index contributed by atoms with van der Waals surface area (Å²) in [5.74, 6) is -0.0594. The zero-order valence-corrected chi connectivity index (χ0v) is 18.6. The average Bonchev–Trinajstić information content (AvgIpc) is 3.05. The fourth-order valence-corrected chi connectivity index (χ4v) is 4.20. The van der Waals surface area contributed by atoms with Crippen molar-refractivity contribution >= 4 is 17.7 Å². The molecule has 170 valence electrons. The second-order valence-corrected chi connectivity index (χ2v) is 7.91. The van der Waals surface area contributed by atoms with Gasteiger partial charge in [-0.1, -0.05) is 48.5 Å². The molecule has 0 saturated carbocycles. The van der Waals surface area contributed by atoms with Crippen molar-refractivity contribution in [3.8, 4) is 5.75 Å². The minimum Gasteiger partial charge on any atom is -0.496 e. The summed E-state index contributed by atoms with van der Waals surface area (Å²) in [4.78, 5) is 40.3. The van der Waals surface area contributed by atoms with Crippen LogP contribution in [0.15, 0.2) is 54.6 Å². The third-order valence-corrected chi connectivity index (χ3v) is 5.84. The molecule has 1 aliphatic rings. The Bertz CT molecular complexity index is 946. The summed E-state index contributed by atoms with van der Waals surface area (Å²) in [5.41, 5.74) is 0.497. The summed E-state index contributed by atoms with van der Waals surface area (Å²) < 4.78 is 10.4. The van der Waals surface area contributed by atoms with Gasteiger partial charge in [0.05, 0.1) is 12.5 Å². The van der Waals surface area contributed by atoms with Gasteiger partial charge in [0.2, 0.25) is 17.7 Å². The van der Waals surface area contributed by atoms with Crippen molar-refractivity contribution in [2.75, 3.05) is 33.9 Å². The maximum atomic E-state index is 13.4. The van der Waals surface area contributed by atoms with E-state index in [0.29, 0.717) is 31.6 Å². The second-order valence-electron chi connectivity index (χ2n) is 7.91. The highest BCUT2D eigenvalue weighted by Crippen LogP contribution is 2.39. The molecular weight excluding hydrogens is 408 g/mol. The number of carbonyl (C=O) groups excluding carboxylic acids is 3. The highest BCUT2D eigenvalue weighted by Gasteiger charge is 2.53. The molecule has 1 atom stereocenters. The number of methoxy groups -OCH3 is 2. The molecule has 1 unspecified atom stereocenters. The van der Waals surface area contributed by atoms with E-state index in [0.717, 1.165) is 11.3 Å². The lowest BCUT2D eigenvalue weighted by Gasteiger charge is -2.27. The van der Waals surface area contributed by atoms with Crippen LogP contribution in [0.1, 0.15) is 30.4 Å². The van der Waals surface area contributed by atoms with Crippen molar-refractivity contribution in [2.24, 2.45) is 0 Å². The molecule has 3 rings (SSSR count). The Labute approximate surface area is 188 Å². The van der Waals surface area contributed by atoms with Crippen molar-refractivity contribution in [1.82, 2.24) is 10.2 Å². The van der Waals surface area contributed by atoms with Crippen LogP contribution in [0.3, 0.4) is 0 Å². The molecule has 0 spiro atoms. The number of nitrogens with zero attached hydrogens (tertiary/aromatic N) is 1. The number of benzene rings is 2. The van der Waals surface area contributed by atoms with Crippen LogP contribution in [-0.4, -0.2) is 56.5 Å². The van der Waals surface area contributed by atoms with Gasteiger partial charge in [-0.2, -0.15) is 0 Å². The van der Waals surface area contributed by atoms with Crippen molar-refractivity contribution in [3.63, 3.8) is 0 Å². The highest BCUT2D eigenvalue weighted by molar-refractivity contribution is 6.10. The first-order chi connectivity index (χ1) is 15.5. The quantitative estimate of drug-likeness (QED) is 0.430. The molecule has 2 aromatic carbocycles. The van der Waals surface area contributed by atoms with Gasteiger partial charge in [0.25, 0.3) is 0 Å². The van der Waals surface area contributed by atoms with E-state index >= 15 is 0 Å². The van der Waals surface area contributed by atoms with Crippen LogP contribution < -0.4 is 10.1 Å². The predicted molar refractivity (Wildman–Crippen MR) is 120 cm³/mol. The summed E-state index contributed by atoms with van der Waals surface area (Å²) in [7, 11) is 3.19. The summed E-state index contributed by atoms with van der Waals surface area (Å²) in [6.45, 7) is 1.15. The number of amides is 3. The molecule has 1 aliphatic heterocycles. The number of ether oxygens (including phenoxy) is 2. The van der Waals surface area contributed by atoms with Crippen molar-refractivity contribution in [1.29, 1.82) is 0 Å². The van der Waals surface area contributed by atoms with Gasteiger partial charge in [0.15, 0.2) is 0 Å². The molecule has 7 nitrogen and oxygen atoms in total. The van der Waals surface area contributed by atoms with E-state index < -0.39 is 5.41 Å². The summed E-state index contributed by atoms with van der Waals surface area (Å²) in [5, 5.41) is 2.91. The van der Waals surface area contributed by atoms with Crippen LogP contribution >= 0.6 is 0 Å². The van der Waals surface area contributed by atoms with E-state index in [4.69, 9.17) is 9.47 Å². The van der Waals surface area contributed by atoms with Gasteiger partial charge in [-0.3, -0.25) is 19.3 Å². The van der Waals surface area contributed by atoms with Crippen LogP contribution in [0.4, 0.5) is 0 Å². The SMILES string of the molecule is COCCCN1C(=O)CC(CC(=O)NCCc2ccccc2OC)(c2ccccc2)C1=O. The smallest absolute Gasteiger partial charge is 0.240 e. The normalized spacial score (nSPS) is 18.1. The molecule has 1 heterocycles. The first-order valence-electron chi connectivity index (χ1n) is 10.8. The standard InChI is InChI=1S/C25H30N2O5/c1-31-16-8-15-27-23(29)18-25(24(27)30,20-10-4-3-5-11-20)17-22(28)26-14-13-19-9-6-7-12-21(19)32-2/h3-7,9-12H,8,13-18H2,1-2H3,(H,26,28). The van der Waals surface area contributed by atoms with Gasteiger partial charge in [0, 0.05) is 39.6 Å². The Kier molecular flexibility index (Phi) is 8.00. The Morgan fingerprint density at radius 1 is 1.06 bits per heavy atom. The lowest BCUT2D eigenvalue weighted by atomic mass is 9.75. The molecule has 7 heteroatoms. The first-order valence-corrected chi connectivity index (χ1v) is 10.8. The van der Waals surface area contributed by atoms with Crippen molar-refractivity contribution < 1.29 is 23.9 Å². The van der Waals surface area contributed by atoms with Crippen LogP contribution in [0.5, 0.6) is 5.75 Å². The number of hydrogen-bond acceptors (Lipinski definition) is 5. The minimum absolute atomic E-state index is 0.0112. The summed E-state index contributed by atoms with van der Waals surface area (Å²) >= 11 is 0. The van der Waals surface area contributed by atoms with Gasteiger partial charge in [0.1, 0.15) is 5.75 Å². The molecule has 32 heavy (non-hydrogen) atoms. The Hall–Kier alpha value is -3.19. The highest BCUT2D eigenvalue weighted by atomic mass is 16.5. The van der Waals surface area contributed by atoms with Gasteiger partial charge in [-0.15, -0.1) is 0 Å². The van der Waals surface area contributed by atoms with E-state index in [2.05, 4.69) is 5.32 Å². The minimum atomic E-state index is -1.18. The van der Waals surface area contributed by atoms with Gasteiger partial charge in [-0.05, 0) is 30.0 Å². The molecule has 3 amide bonds. The number of rotatable bonds is 11.